The van der Waals surface area contributed by atoms with E-state index in [4.69, 9.17) is 4.74 Å². The number of carbonyl (C=O) groups excluding carboxylic acids is 1. The second kappa shape index (κ2) is 7.52. The molecular weight excluding hydrogens is 388 g/mol. The zero-order valence-corrected chi connectivity index (χ0v) is 15.9. The van der Waals surface area contributed by atoms with E-state index in [1.54, 1.807) is 4.90 Å². The summed E-state index contributed by atoms with van der Waals surface area (Å²) in [6.45, 7) is 2.16. The van der Waals surface area contributed by atoms with Crippen molar-refractivity contribution in [3.63, 3.8) is 0 Å². The minimum absolute atomic E-state index is 0.0515. The van der Waals surface area contributed by atoms with Gasteiger partial charge in [0.05, 0.1) is 31.0 Å². The highest BCUT2D eigenvalue weighted by Crippen LogP contribution is 2.25. The molecule has 1 amide bonds. The van der Waals surface area contributed by atoms with Crippen LogP contribution in [0.25, 0.3) is 33.9 Å². The van der Waals surface area contributed by atoms with Gasteiger partial charge in [-0.1, -0.05) is 24.3 Å². The Kier molecular flexibility index (Phi) is 4.56. The number of morpholine rings is 1. The maximum atomic E-state index is 12.8. The van der Waals surface area contributed by atoms with E-state index in [0.717, 1.165) is 11.1 Å². The third-order valence-corrected chi connectivity index (χ3v) is 4.96. The standard InChI is InChI=1S/C19H18N8O3/c28-14(27-5-7-30-8-6-27)9-13-15(23-18-17(22-13)24-19(29)25-18)11-1-3-12(4-2-11)16-20-10-21-26-16/h1-4,10H,5-9H2,(H,20,21,26)(H2,22,23,24,25,29). The van der Waals surface area contributed by atoms with Gasteiger partial charge in [-0.05, 0) is 0 Å². The number of aromatic nitrogens is 7. The van der Waals surface area contributed by atoms with Crippen LogP contribution in [-0.4, -0.2) is 72.2 Å². The van der Waals surface area contributed by atoms with Gasteiger partial charge in [0.1, 0.15) is 6.33 Å². The van der Waals surface area contributed by atoms with Crippen LogP contribution in [0, 0.1) is 0 Å². The quantitative estimate of drug-likeness (QED) is 0.447. The van der Waals surface area contributed by atoms with Gasteiger partial charge in [-0.25, -0.2) is 19.7 Å². The zero-order valence-electron chi connectivity index (χ0n) is 15.9. The molecule has 1 aromatic carbocycles. The summed E-state index contributed by atoms with van der Waals surface area (Å²) in [5.41, 5.74) is 2.97. The number of fused-ring (bicyclic) bond motifs is 1. The summed E-state index contributed by atoms with van der Waals surface area (Å²) in [5.74, 6) is 0.602. The summed E-state index contributed by atoms with van der Waals surface area (Å²) in [5, 5.41) is 6.68. The minimum Gasteiger partial charge on any atom is -0.378 e. The molecule has 4 heterocycles. The summed E-state index contributed by atoms with van der Waals surface area (Å²) >= 11 is 0. The second-order valence-corrected chi connectivity index (χ2v) is 6.88. The van der Waals surface area contributed by atoms with E-state index in [2.05, 4.69) is 35.1 Å². The SMILES string of the molecule is O=C(Cc1nc2[nH]c(=O)[nH]c2nc1-c1ccc(-c2ncn[nH]2)cc1)N1CCOCC1. The highest BCUT2D eigenvalue weighted by atomic mass is 16.5. The van der Waals surface area contributed by atoms with Crippen LogP contribution >= 0.6 is 0 Å². The lowest BCUT2D eigenvalue weighted by Crippen LogP contribution is -2.41. The van der Waals surface area contributed by atoms with E-state index >= 15 is 0 Å². The van der Waals surface area contributed by atoms with Crippen molar-refractivity contribution in [3.8, 4) is 22.6 Å². The average molecular weight is 406 g/mol. The van der Waals surface area contributed by atoms with E-state index in [-0.39, 0.29) is 12.3 Å². The Balaban J connectivity index is 1.53. The molecule has 0 atom stereocenters. The van der Waals surface area contributed by atoms with Gasteiger partial charge in [0.25, 0.3) is 0 Å². The number of nitrogens with zero attached hydrogens (tertiary/aromatic N) is 5. The summed E-state index contributed by atoms with van der Waals surface area (Å²) < 4.78 is 5.32. The Labute approximate surface area is 169 Å². The van der Waals surface area contributed by atoms with Crippen molar-refractivity contribution in [2.45, 2.75) is 6.42 Å². The number of aromatic amines is 3. The molecule has 0 saturated carbocycles. The number of amides is 1. The van der Waals surface area contributed by atoms with Crippen molar-refractivity contribution in [1.82, 2.24) is 40.0 Å². The molecule has 5 rings (SSSR count). The summed E-state index contributed by atoms with van der Waals surface area (Å²) in [4.78, 5) is 44.7. The van der Waals surface area contributed by atoms with Crippen molar-refractivity contribution in [2.24, 2.45) is 0 Å². The van der Waals surface area contributed by atoms with Gasteiger partial charge in [0.15, 0.2) is 17.1 Å². The van der Waals surface area contributed by atoms with Crippen LogP contribution in [-0.2, 0) is 16.0 Å². The van der Waals surface area contributed by atoms with Crippen molar-refractivity contribution in [3.05, 3.63) is 46.8 Å². The number of benzene rings is 1. The Bertz CT molecular complexity index is 1240. The van der Waals surface area contributed by atoms with E-state index < -0.39 is 5.69 Å². The Morgan fingerprint density at radius 3 is 2.43 bits per heavy atom. The topological polar surface area (TPSA) is 146 Å². The molecule has 0 bridgehead atoms. The number of carbonyl (C=O) groups is 1. The molecule has 11 nitrogen and oxygen atoms in total. The fraction of sp³-hybridized carbons (Fsp3) is 0.263. The lowest BCUT2D eigenvalue weighted by atomic mass is 10.0. The first-order valence-corrected chi connectivity index (χ1v) is 9.48. The molecular formula is C19H18N8O3. The second-order valence-electron chi connectivity index (χ2n) is 6.88. The number of nitrogens with one attached hydrogen (secondary N) is 3. The third-order valence-electron chi connectivity index (χ3n) is 4.96. The molecule has 1 fully saturated rings. The molecule has 30 heavy (non-hydrogen) atoms. The number of hydrogen-bond donors (Lipinski definition) is 3. The first-order chi connectivity index (χ1) is 14.7. The van der Waals surface area contributed by atoms with Gasteiger partial charge in [0, 0.05) is 24.2 Å². The summed E-state index contributed by atoms with van der Waals surface area (Å²) in [7, 11) is 0. The number of hydrogen-bond acceptors (Lipinski definition) is 7. The van der Waals surface area contributed by atoms with Gasteiger partial charge in [-0.2, -0.15) is 5.10 Å². The summed E-state index contributed by atoms with van der Waals surface area (Å²) in [6.07, 6.45) is 1.52. The van der Waals surface area contributed by atoms with E-state index in [1.165, 1.54) is 6.33 Å². The first kappa shape index (κ1) is 18.2. The van der Waals surface area contributed by atoms with Gasteiger partial charge >= 0.3 is 5.69 Å². The monoisotopic (exact) mass is 406 g/mol. The molecule has 0 aliphatic carbocycles. The van der Waals surface area contributed by atoms with Crippen molar-refractivity contribution >= 4 is 17.2 Å². The normalized spacial score (nSPS) is 14.3. The van der Waals surface area contributed by atoms with Crippen molar-refractivity contribution < 1.29 is 9.53 Å². The van der Waals surface area contributed by atoms with Crippen LogP contribution in [0.3, 0.4) is 0 Å². The maximum Gasteiger partial charge on any atom is 0.326 e. The molecule has 11 heteroatoms. The fourth-order valence-corrected chi connectivity index (χ4v) is 3.44. The lowest BCUT2D eigenvalue weighted by Gasteiger charge is -2.26. The Hall–Kier alpha value is -3.86. The molecule has 3 aromatic heterocycles. The number of rotatable bonds is 4. The molecule has 4 aromatic rings. The van der Waals surface area contributed by atoms with E-state index in [9.17, 15) is 9.59 Å². The van der Waals surface area contributed by atoms with E-state index in [0.29, 0.717) is 54.8 Å². The predicted octanol–water partition coefficient (Wildman–Crippen LogP) is 0.500. The lowest BCUT2D eigenvalue weighted by molar-refractivity contribution is -0.134. The Morgan fingerprint density at radius 2 is 1.73 bits per heavy atom. The largest absolute Gasteiger partial charge is 0.378 e. The predicted molar refractivity (Wildman–Crippen MR) is 106 cm³/mol. The molecule has 0 spiro atoms. The fourth-order valence-electron chi connectivity index (χ4n) is 3.44. The molecule has 0 radical (unpaired) electrons. The van der Waals surface area contributed by atoms with Gasteiger partial charge in [0.2, 0.25) is 5.91 Å². The molecule has 1 saturated heterocycles. The van der Waals surface area contributed by atoms with Crippen LogP contribution in [0.5, 0.6) is 0 Å². The number of H-pyrrole nitrogens is 3. The van der Waals surface area contributed by atoms with Crippen LogP contribution < -0.4 is 5.69 Å². The number of ether oxygens (including phenoxy) is 1. The van der Waals surface area contributed by atoms with Gasteiger partial charge < -0.3 is 9.64 Å². The minimum atomic E-state index is -0.395. The Morgan fingerprint density at radius 1 is 1.03 bits per heavy atom. The van der Waals surface area contributed by atoms with Crippen molar-refractivity contribution in [1.29, 1.82) is 0 Å². The molecule has 1 aliphatic heterocycles. The van der Waals surface area contributed by atoms with Crippen LogP contribution in [0.15, 0.2) is 35.4 Å². The smallest absolute Gasteiger partial charge is 0.326 e. The number of imidazole rings is 1. The van der Waals surface area contributed by atoms with Crippen molar-refractivity contribution in [2.75, 3.05) is 26.3 Å². The maximum absolute atomic E-state index is 12.8. The molecule has 0 unspecified atom stereocenters. The first-order valence-electron chi connectivity index (χ1n) is 9.48. The third kappa shape index (κ3) is 3.46. The van der Waals surface area contributed by atoms with Crippen LogP contribution in [0.4, 0.5) is 0 Å². The van der Waals surface area contributed by atoms with Crippen LogP contribution in [0.1, 0.15) is 5.69 Å². The average Bonchev–Trinajstić information content (AvgIpc) is 3.43. The highest BCUT2D eigenvalue weighted by Gasteiger charge is 2.21. The summed E-state index contributed by atoms with van der Waals surface area (Å²) in [6, 6.07) is 7.52. The highest BCUT2D eigenvalue weighted by molar-refractivity contribution is 5.82. The van der Waals surface area contributed by atoms with Gasteiger partial charge in [-0.3, -0.25) is 19.9 Å². The molecule has 1 aliphatic rings. The van der Waals surface area contributed by atoms with E-state index in [1.807, 2.05) is 24.3 Å². The molecule has 3 N–H and O–H groups in total. The zero-order chi connectivity index (χ0) is 20.5. The van der Waals surface area contributed by atoms with Crippen LogP contribution in [0.2, 0.25) is 0 Å². The van der Waals surface area contributed by atoms with Gasteiger partial charge in [-0.15, -0.1) is 0 Å². The molecule has 152 valence electrons.